The molecule has 11 heavy (non-hydrogen) atoms. The maximum absolute atomic E-state index is 3.99. The van der Waals surface area contributed by atoms with Crippen LogP contribution in [0.4, 0.5) is 0 Å². The second-order valence-corrected chi connectivity index (χ2v) is 4.09. The highest BCUT2D eigenvalue weighted by Crippen LogP contribution is 2.11. The number of allylic oxidation sites excluding steroid dienone is 1. The van der Waals surface area contributed by atoms with Crippen molar-refractivity contribution in [2.75, 3.05) is 12.0 Å². The van der Waals surface area contributed by atoms with Crippen molar-refractivity contribution in [2.45, 2.75) is 26.8 Å². The minimum absolute atomic E-state index is 0.506. The lowest BCUT2D eigenvalue weighted by atomic mass is 10.1. The zero-order valence-corrected chi connectivity index (χ0v) is 8.79. The van der Waals surface area contributed by atoms with E-state index in [2.05, 4.69) is 38.9 Å². The normalized spacial score (nSPS) is 13.2. The first kappa shape index (κ1) is 10.9. The van der Waals surface area contributed by atoms with Crippen LogP contribution in [0.15, 0.2) is 12.3 Å². The second kappa shape index (κ2) is 5.53. The van der Waals surface area contributed by atoms with Crippen LogP contribution >= 0.6 is 11.8 Å². The van der Waals surface area contributed by atoms with Gasteiger partial charge in [-0.1, -0.05) is 13.5 Å². The van der Waals surface area contributed by atoms with Gasteiger partial charge in [0.05, 0.1) is 0 Å². The topological polar surface area (TPSA) is 12.0 Å². The zero-order valence-electron chi connectivity index (χ0n) is 7.98. The molecule has 0 aromatic heterocycles. The zero-order chi connectivity index (χ0) is 8.85. The van der Waals surface area contributed by atoms with Gasteiger partial charge in [-0.05, 0) is 20.1 Å². The van der Waals surface area contributed by atoms with E-state index in [0.717, 1.165) is 11.4 Å². The number of hydrogen-bond donors (Lipinski definition) is 1. The second-order valence-electron chi connectivity index (χ2n) is 3.18. The van der Waals surface area contributed by atoms with Gasteiger partial charge in [0.15, 0.2) is 0 Å². The van der Waals surface area contributed by atoms with Crippen LogP contribution < -0.4 is 5.32 Å². The molecule has 0 amide bonds. The molecule has 0 aromatic carbocycles. The van der Waals surface area contributed by atoms with Crippen LogP contribution in [0.5, 0.6) is 0 Å². The van der Waals surface area contributed by atoms with Crippen LogP contribution in [0, 0.1) is 5.92 Å². The van der Waals surface area contributed by atoms with Gasteiger partial charge in [-0.15, -0.1) is 0 Å². The summed E-state index contributed by atoms with van der Waals surface area (Å²) in [7, 11) is 0. The molecule has 2 heteroatoms. The van der Waals surface area contributed by atoms with Gasteiger partial charge in [-0.3, -0.25) is 0 Å². The molecule has 0 fully saturated rings. The van der Waals surface area contributed by atoms with E-state index in [-0.39, 0.29) is 0 Å². The number of rotatable bonds is 5. The van der Waals surface area contributed by atoms with Crippen LogP contribution in [-0.2, 0) is 0 Å². The van der Waals surface area contributed by atoms with Gasteiger partial charge in [0.25, 0.3) is 0 Å². The van der Waals surface area contributed by atoms with Crippen molar-refractivity contribution >= 4 is 11.8 Å². The Balaban J connectivity index is 3.64. The molecule has 0 saturated heterocycles. The van der Waals surface area contributed by atoms with Crippen molar-refractivity contribution in [3.63, 3.8) is 0 Å². The first-order valence-electron chi connectivity index (χ1n) is 4.02. The molecule has 0 aliphatic heterocycles. The average molecular weight is 173 g/mol. The maximum atomic E-state index is 3.99. The Kier molecular flexibility index (Phi) is 5.47. The van der Waals surface area contributed by atoms with Crippen LogP contribution in [0.1, 0.15) is 20.8 Å². The SMILES string of the molecule is C=C(NC(C)C)C(C)CSC. The van der Waals surface area contributed by atoms with Crippen LogP contribution in [0.3, 0.4) is 0 Å². The van der Waals surface area contributed by atoms with Crippen molar-refractivity contribution in [3.05, 3.63) is 12.3 Å². The Morgan fingerprint density at radius 1 is 1.45 bits per heavy atom. The molecule has 1 unspecified atom stereocenters. The lowest BCUT2D eigenvalue weighted by Crippen LogP contribution is -2.25. The Morgan fingerprint density at radius 2 is 2.00 bits per heavy atom. The molecular formula is C9H19NS. The summed E-state index contributed by atoms with van der Waals surface area (Å²) < 4.78 is 0. The molecule has 0 aliphatic carbocycles. The Morgan fingerprint density at radius 3 is 2.36 bits per heavy atom. The van der Waals surface area contributed by atoms with Gasteiger partial charge in [-0.25, -0.2) is 0 Å². The predicted octanol–water partition coefficient (Wildman–Crippen LogP) is 2.50. The van der Waals surface area contributed by atoms with Crippen LogP contribution in [0.25, 0.3) is 0 Å². The van der Waals surface area contributed by atoms with Crippen molar-refractivity contribution in [1.29, 1.82) is 0 Å². The van der Waals surface area contributed by atoms with Crippen molar-refractivity contribution in [3.8, 4) is 0 Å². The van der Waals surface area contributed by atoms with E-state index in [1.165, 1.54) is 0 Å². The highest BCUT2D eigenvalue weighted by Gasteiger charge is 2.05. The van der Waals surface area contributed by atoms with Gasteiger partial charge in [0, 0.05) is 23.4 Å². The van der Waals surface area contributed by atoms with Crippen LogP contribution in [-0.4, -0.2) is 18.1 Å². The Bertz CT molecular complexity index is 121. The van der Waals surface area contributed by atoms with E-state index in [1.54, 1.807) is 0 Å². The number of nitrogens with one attached hydrogen (secondary N) is 1. The summed E-state index contributed by atoms with van der Waals surface area (Å²) in [6, 6.07) is 0.506. The van der Waals surface area contributed by atoms with Crippen molar-refractivity contribution in [1.82, 2.24) is 5.32 Å². The molecule has 0 radical (unpaired) electrons. The molecule has 1 atom stereocenters. The first-order chi connectivity index (χ1) is 5.07. The predicted molar refractivity (Wildman–Crippen MR) is 55.0 cm³/mol. The number of hydrogen-bond acceptors (Lipinski definition) is 2. The van der Waals surface area contributed by atoms with Gasteiger partial charge < -0.3 is 5.32 Å². The molecule has 0 spiro atoms. The minimum Gasteiger partial charge on any atom is -0.386 e. The highest BCUT2D eigenvalue weighted by molar-refractivity contribution is 7.98. The molecule has 1 N–H and O–H groups in total. The minimum atomic E-state index is 0.506. The molecule has 0 heterocycles. The fraction of sp³-hybridized carbons (Fsp3) is 0.778. The maximum Gasteiger partial charge on any atom is 0.0201 e. The summed E-state index contributed by atoms with van der Waals surface area (Å²) in [4.78, 5) is 0. The summed E-state index contributed by atoms with van der Waals surface area (Å²) in [5, 5.41) is 3.32. The Labute approximate surface area is 74.6 Å². The van der Waals surface area contributed by atoms with Gasteiger partial charge in [0.2, 0.25) is 0 Å². The lowest BCUT2D eigenvalue weighted by molar-refractivity contribution is 0.596. The monoisotopic (exact) mass is 173 g/mol. The molecule has 0 bridgehead atoms. The van der Waals surface area contributed by atoms with E-state index in [1.807, 2.05) is 11.8 Å². The van der Waals surface area contributed by atoms with Gasteiger partial charge in [-0.2, -0.15) is 11.8 Å². The van der Waals surface area contributed by atoms with Gasteiger partial charge >= 0.3 is 0 Å². The highest BCUT2D eigenvalue weighted by atomic mass is 32.2. The Hall–Kier alpha value is -0.110. The molecule has 0 aliphatic rings. The van der Waals surface area contributed by atoms with E-state index >= 15 is 0 Å². The third-order valence-electron chi connectivity index (χ3n) is 1.49. The average Bonchev–Trinajstić information content (AvgIpc) is 1.86. The van der Waals surface area contributed by atoms with Gasteiger partial charge in [0.1, 0.15) is 0 Å². The summed E-state index contributed by atoms with van der Waals surface area (Å²) in [5.74, 6) is 1.73. The van der Waals surface area contributed by atoms with Crippen molar-refractivity contribution in [2.24, 2.45) is 5.92 Å². The largest absolute Gasteiger partial charge is 0.386 e. The van der Waals surface area contributed by atoms with Crippen molar-refractivity contribution < 1.29 is 0 Å². The summed E-state index contributed by atoms with van der Waals surface area (Å²) >= 11 is 1.86. The molecule has 0 saturated carbocycles. The fourth-order valence-electron chi connectivity index (χ4n) is 0.864. The van der Waals surface area contributed by atoms with Crippen LogP contribution in [0.2, 0.25) is 0 Å². The third-order valence-corrected chi connectivity index (χ3v) is 2.32. The quantitative estimate of drug-likeness (QED) is 0.685. The standard InChI is InChI=1S/C9H19NS/c1-7(2)10-9(4)8(3)6-11-5/h7-8,10H,4,6H2,1-3,5H3. The lowest BCUT2D eigenvalue weighted by Gasteiger charge is -2.18. The van der Waals surface area contributed by atoms with E-state index in [0.29, 0.717) is 12.0 Å². The summed E-state index contributed by atoms with van der Waals surface area (Å²) in [6.45, 7) is 10.5. The first-order valence-corrected chi connectivity index (χ1v) is 5.41. The van der Waals surface area contributed by atoms with E-state index < -0.39 is 0 Å². The number of thioether (sulfide) groups is 1. The molecular weight excluding hydrogens is 154 g/mol. The molecule has 0 rings (SSSR count). The summed E-state index contributed by atoms with van der Waals surface area (Å²) in [5.41, 5.74) is 1.16. The molecule has 66 valence electrons. The third kappa shape index (κ3) is 5.19. The fourth-order valence-corrected chi connectivity index (χ4v) is 1.56. The summed E-state index contributed by atoms with van der Waals surface area (Å²) in [6.07, 6.45) is 2.12. The van der Waals surface area contributed by atoms with E-state index in [9.17, 15) is 0 Å². The smallest absolute Gasteiger partial charge is 0.0201 e. The molecule has 1 nitrogen and oxygen atoms in total. The molecule has 0 aromatic rings. The van der Waals surface area contributed by atoms with E-state index in [4.69, 9.17) is 0 Å².